The fourth-order valence-corrected chi connectivity index (χ4v) is 1.07. The third-order valence-corrected chi connectivity index (χ3v) is 2.08. The van der Waals surface area contributed by atoms with Crippen LogP contribution in [0.2, 0.25) is 0 Å². The standard InChI is InChI=1S/C8H11BrN2O/c1-5(12)8(10)7-3-2-6(9)4-11-7/h2-5,8,12H,10H2,1H3/t5?,8-/m1/s1. The highest BCUT2D eigenvalue weighted by atomic mass is 79.9. The molecule has 1 heterocycles. The molecule has 0 spiro atoms. The Balaban J connectivity index is 2.82. The lowest BCUT2D eigenvalue weighted by atomic mass is 10.1. The van der Waals surface area contributed by atoms with Crippen LogP contribution < -0.4 is 5.73 Å². The summed E-state index contributed by atoms with van der Waals surface area (Å²) in [4.78, 5) is 4.07. The molecule has 0 aliphatic carbocycles. The Labute approximate surface area is 79.7 Å². The molecular formula is C8H11BrN2O. The van der Waals surface area contributed by atoms with Crippen LogP contribution in [-0.2, 0) is 0 Å². The molecule has 0 bridgehead atoms. The maximum absolute atomic E-state index is 9.17. The molecule has 0 aliphatic rings. The Bertz CT molecular complexity index is 248. The summed E-state index contributed by atoms with van der Waals surface area (Å²) in [5, 5.41) is 9.17. The highest BCUT2D eigenvalue weighted by Crippen LogP contribution is 2.14. The van der Waals surface area contributed by atoms with E-state index in [4.69, 9.17) is 10.8 Å². The first-order valence-electron chi connectivity index (χ1n) is 3.66. The summed E-state index contributed by atoms with van der Waals surface area (Å²) in [6, 6.07) is 3.24. The largest absolute Gasteiger partial charge is 0.391 e. The second kappa shape index (κ2) is 3.98. The van der Waals surface area contributed by atoms with Crippen LogP contribution in [0.25, 0.3) is 0 Å². The van der Waals surface area contributed by atoms with E-state index in [1.807, 2.05) is 6.07 Å². The minimum atomic E-state index is -0.571. The van der Waals surface area contributed by atoms with Gasteiger partial charge in [0.25, 0.3) is 0 Å². The zero-order valence-electron chi connectivity index (χ0n) is 6.74. The van der Waals surface area contributed by atoms with Crippen molar-refractivity contribution < 1.29 is 5.11 Å². The van der Waals surface area contributed by atoms with Gasteiger partial charge in [0, 0.05) is 10.7 Å². The van der Waals surface area contributed by atoms with Gasteiger partial charge in [0.05, 0.1) is 17.8 Å². The third-order valence-electron chi connectivity index (χ3n) is 1.61. The summed E-state index contributed by atoms with van der Waals surface area (Å²) in [5.41, 5.74) is 6.36. The smallest absolute Gasteiger partial charge is 0.0730 e. The Kier molecular flexibility index (Phi) is 3.20. The molecule has 1 rings (SSSR count). The highest BCUT2D eigenvalue weighted by Gasteiger charge is 2.12. The topological polar surface area (TPSA) is 59.1 Å². The van der Waals surface area contributed by atoms with Crippen molar-refractivity contribution in [3.8, 4) is 0 Å². The lowest BCUT2D eigenvalue weighted by Gasteiger charge is -2.13. The molecule has 0 saturated heterocycles. The fourth-order valence-electron chi connectivity index (χ4n) is 0.832. The first kappa shape index (κ1) is 9.64. The normalized spacial score (nSPS) is 15.7. The van der Waals surface area contributed by atoms with Gasteiger partial charge in [0.15, 0.2) is 0 Å². The Morgan fingerprint density at radius 3 is 2.67 bits per heavy atom. The molecule has 0 amide bonds. The van der Waals surface area contributed by atoms with Gasteiger partial charge in [-0.25, -0.2) is 0 Å². The van der Waals surface area contributed by atoms with Gasteiger partial charge in [0.2, 0.25) is 0 Å². The van der Waals surface area contributed by atoms with Crippen LogP contribution in [0.1, 0.15) is 18.7 Å². The van der Waals surface area contributed by atoms with Gasteiger partial charge in [-0.3, -0.25) is 4.98 Å². The summed E-state index contributed by atoms with van der Waals surface area (Å²) >= 11 is 3.27. The first-order valence-corrected chi connectivity index (χ1v) is 4.45. The molecule has 1 unspecified atom stereocenters. The van der Waals surface area contributed by atoms with Crippen molar-refractivity contribution in [3.63, 3.8) is 0 Å². The summed E-state index contributed by atoms with van der Waals surface area (Å²) in [6.45, 7) is 1.65. The number of nitrogens with zero attached hydrogens (tertiary/aromatic N) is 1. The average molecular weight is 231 g/mol. The Morgan fingerprint density at radius 1 is 1.58 bits per heavy atom. The molecule has 0 radical (unpaired) electrons. The molecule has 0 fully saturated rings. The van der Waals surface area contributed by atoms with Crippen molar-refractivity contribution in [3.05, 3.63) is 28.5 Å². The molecule has 0 aromatic carbocycles. The number of aromatic nitrogens is 1. The maximum atomic E-state index is 9.17. The lowest BCUT2D eigenvalue weighted by Crippen LogP contribution is -2.23. The summed E-state index contributed by atoms with van der Waals surface area (Å²) in [5.74, 6) is 0. The molecule has 0 aliphatic heterocycles. The minimum absolute atomic E-state index is 0.405. The van der Waals surface area contributed by atoms with Crippen LogP contribution in [0.15, 0.2) is 22.8 Å². The number of aliphatic hydroxyl groups excluding tert-OH is 1. The Morgan fingerprint density at radius 2 is 2.25 bits per heavy atom. The zero-order chi connectivity index (χ0) is 9.14. The van der Waals surface area contributed by atoms with Gasteiger partial charge in [-0.15, -0.1) is 0 Å². The molecule has 3 N–H and O–H groups in total. The van der Waals surface area contributed by atoms with E-state index in [1.54, 1.807) is 19.2 Å². The number of hydrogen-bond acceptors (Lipinski definition) is 3. The molecule has 0 saturated carbocycles. The molecule has 1 aromatic heterocycles. The van der Waals surface area contributed by atoms with Gasteiger partial charge in [0.1, 0.15) is 0 Å². The SMILES string of the molecule is CC(O)[C@@H](N)c1ccc(Br)cn1. The van der Waals surface area contributed by atoms with E-state index >= 15 is 0 Å². The van der Waals surface area contributed by atoms with E-state index in [9.17, 15) is 0 Å². The van der Waals surface area contributed by atoms with E-state index in [2.05, 4.69) is 20.9 Å². The van der Waals surface area contributed by atoms with Gasteiger partial charge in [-0.05, 0) is 35.0 Å². The molecule has 3 nitrogen and oxygen atoms in total. The maximum Gasteiger partial charge on any atom is 0.0730 e. The van der Waals surface area contributed by atoms with E-state index < -0.39 is 12.1 Å². The van der Waals surface area contributed by atoms with Crippen LogP contribution in [0.4, 0.5) is 0 Å². The van der Waals surface area contributed by atoms with Gasteiger partial charge in [-0.2, -0.15) is 0 Å². The molecule has 2 atom stereocenters. The van der Waals surface area contributed by atoms with Crippen molar-refractivity contribution >= 4 is 15.9 Å². The molecular weight excluding hydrogens is 220 g/mol. The number of hydrogen-bond donors (Lipinski definition) is 2. The van der Waals surface area contributed by atoms with E-state index in [1.165, 1.54) is 0 Å². The van der Waals surface area contributed by atoms with E-state index in [0.717, 1.165) is 4.47 Å². The van der Waals surface area contributed by atoms with Crippen molar-refractivity contribution in [2.24, 2.45) is 5.73 Å². The number of aliphatic hydroxyl groups is 1. The second-order valence-corrected chi connectivity index (χ2v) is 3.58. The van der Waals surface area contributed by atoms with Crippen LogP contribution in [0.5, 0.6) is 0 Å². The second-order valence-electron chi connectivity index (χ2n) is 2.67. The van der Waals surface area contributed by atoms with Gasteiger partial charge >= 0.3 is 0 Å². The number of rotatable bonds is 2. The van der Waals surface area contributed by atoms with Crippen LogP contribution in [0, 0.1) is 0 Å². The van der Waals surface area contributed by atoms with Crippen molar-refractivity contribution in [2.75, 3.05) is 0 Å². The molecule has 1 aromatic rings. The average Bonchev–Trinajstić information content (AvgIpc) is 2.04. The summed E-state index contributed by atoms with van der Waals surface area (Å²) in [6.07, 6.45) is 1.09. The highest BCUT2D eigenvalue weighted by molar-refractivity contribution is 9.10. The lowest BCUT2D eigenvalue weighted by molar-refractivity contribution is 0.162. The zero-order valence-corrected chi connectivity index (χ0v) is 8.32. The predicted molar refractivity (Wildman–Crippen MR) is 50.5 cm³/mol. The monoisotopic (exact) mass is 230 g/mol. The fraction of sp³-hybridized carbons (Fsp3) is 0.375. The van der Waals surface area contributed by atoms with Crippen LogP contribution in [0.3, 0.4) is 0 Å². The van der Waals surface area contributed by atoms with Gasteiger partial charge in [-0.1, -0.05) is 0 Å². The number of pyridine rings is 1. The van der Waals surface area contributed by atoms with E-state index in [0.29, 0.717) is 5.69 Å². The number of nitrogens with two attached hydrogens (primary N) is 1. The first-order chi connectivity index (χ1) is 5.61. The Hall–Kier alpha value is -0.450. The molecule has 4 heteroatoms. The molecule has 66 valence electrons. The minimum Gasteiger partial charge on any atom is -0.391 e. The van der Waals surface area contributed by atoms with E-state index in [-0.39, 0.29) is 0 Å². The number of halogens is 1. The summed E-state index contributed by atoms with van der Waals surface area (Å²) in [7, 11) is 0. The summed E-state index contributed by atoms with van der Waals surface area (Å²) < 4.78 is 0.907. The molecule has 12 heavy (non-hydrogen) atoms. The van der Waals surface area contributed by atoms with Crippen LogP contribution in [-0.4, -0.2) is 16.2 Å². The van der Waals surface area contributed by atoms with Crippen LogP contribution >= 0.6 is 15.9 Å². The predicted octanol–water partition coefficient (Wildman–Crippen LogP) is 1.22. The van der Waals surface area contributed by atoms with Crippen molar-refractivity contribution in [1.29, 1.82) is 0 Å². The third kappa shape index (κ3) is 2.27. The van der Waals surface area contributed by atoms with Gasteiger partial charge < -0.3 is 10.8 Å². The quantitative estimate of drug-likeness (QED) is 0.804. The van der Waals surface area contributed by atoms with Crippen molar-refractivity contribution in [2.45, 2.75) is 19.1 Å². The van der Waals surface area contributed by atoms with Crippen molar-refractivity contribution in [1.82, 2.24) is 4.98 Å².